The summed E-state index contributed by atoms with van der Waals surface area (Å²) < 4.78 is 15.5. The topological polar surface area (TPSA) is 26.3 Å². The highest BCUT2D eigenvalue weighted by molar-refractivity contribution is 5.38. The van der Waals surface area contributed by atoms with Gasteiger partial charge in [-0.3, -0.25) is 0 Å². The Morgan fingerprint density at radius 3 is 2.71 bits per heavy atom. The van der Waals surface area contributed by atoms with Crippen molar-refractivity contribution in [2.75, 3.05) is 6.61 Å². The minimum Gasteiger partial charge on any atom is -0.454 e. The van der Waals surface area contributed by atoms with Gasteiger partial charge in [0.2, 0.25) is 0 Å². The van der Waals surface area contributed by atoms with Crippen LogP contribution in [0.5, 0.6) is 0 Å². The summed E-state index contributed by atoms with van der Waals surface area (Å²) in [5.41, 5.74) is 0. The highest BCUT2D eigenvalue weighted by Crippen LogP contribution is 1.85. The van der Waals surface area contributed by atoms with E-state index in [9.17, 15) is 9.18 Å². The Balaban J connectivity index is 2.81. The van der Waals surface area contributed by atoms with Gasteiger partial charge >= 0.3 is 6.47 Å². The Bertz CT molecular complexity index is 53.7. The van der Waals surface area contributed by atoms with Crippen LogP contribution in [0.25, 0.3) is 0 Å². The van der Waals surface area contributed by atoms with Crippen LogP contribution in [0.2, 0.25) is 0 Å². The Kier molecular flexibility index (Phi) is 3.28. The monoisotopic (exact) mass is 105 g/mol. The van der Waals surface area contributed by atoms with Gasteiger partial charge < -0.3 is 4.74 Å². The molecular weight excluding hydrogens is 99.0 g/mol. The van der Waals surface area contributed by atoms with Gasteiger partial charge in [0.15, 0.2) is 0 Å². The molecular formula is C4H6FO2. The maximum Gasteiger partial charge on any atom is 0.417 e. The van der Waals surface area contributed by atoms with Crippen molar-refractivity contribution in [3.05, 3.63) is 0 Å². The summed E-state index contributed by atoms with van der Waals surface area (Å²) in [6.07, 6.45) is -1.08. The average Bonchev–Trinajstić information content (AvgIpc) is 1.61. The van der Waals surface area contributed by atoms with Crippen molar-refractivity contribution in [1.82, 2.24) is 0 Å². The second-order valence-corrected chi connectivity index (χ2v) is 1.18. The van der Waals surface area contributed by atoms with E-state index in [2.05, 4.69) is 4.74 Å². The highest BCUT2D eigenvalue weighted by Gasteiger charge is 1.94. The van der Waals surface area contributed by atoms with Gasteiger partial charge in [-0.25, -0.2) is 9.18 Å². The summed E-state index contributed by atoms with van der Waals surface area (Å²) in [4.78, 5) is 9.20. The van der Waals surface area contributed by atoms with Crippen molar-refractivity contribution < 1.29 is 13.9 Å². The van der Waals surface area contributed by atoms with Gasteiger partial charge in [-0.1, -0.05) is 0 Å². The summed E-state index contributed by atoms with van der Waals surface area (Å²) in [5, 5.41) is 0. The summed E-state index contributed by atoms with van der Waals surface area (Å²) in [5.74, 6) is 0. The molecule has 2 nitrogen and oxygen atoms in total. The smallest absolute Gasteiger partial charge is 0.417 e. The van der Waals surface area contributed by atoms with Gasteiger partial charge in [-0.15, -0.1) is 0 Å². The molecule has 41 valence electrons. The molecule has 0 aromatic carbocycles. The summed E-state index contributed by atoms with van der Waals surface area (Å²) in [6, 6.07) is 0. The van der Waals surface area contributed by atoms with Gasteiger partial charge in [0.05, 0.1) is 0 Å². The SMILES string of the molecule is CC(F)CO[C]=O. The van der Waals surface area contributed by atoms with Gasteiger partial charge in [0.25, 0.3) is 0 Å². The minimum atomic E-state index is -1.08. The van der Waals surface area contributed by atoms with Gasteiger partial charge in [0, 0.05) is 0 Å². The van der Waals surface area contributed by atoms with Crippen molar-refractivity contribution in [3.63, 3.8) is 0 Å². The first-order chi connectivity index (χ1) is 3.27. The van der Waals surface area contributed by atoms with E-state index >= 15 is 0 Å². The van der Waals surface area contributed by atoms with Crippen LogP contribution in [-0.4, -0.2) is 19.3 Å². The quantitative estimate of drug-likeness (QED) is 0.520. The first kappa shape index (κ1) is 6.40. The lowest BCUT2D eigenvalue weighted by atomic mass is 10.5. The van der Waals surface area contributed by atoms with Crippen LogP contribution in [0.1, 0.15) is 6.92 Å². The molecule has 0 aromatic heterocycles. The maximum absolute atomic E-state index is 11.6. The van der Waals surface area contributed by atoms with E-state index in [1.165, 1.54) is 6.92 Å². The maximum atomic E-state index is 11.6. The molecule has 0 amide bonds. The average molecular weight is 105 g/mol. The van der Waals surface area contributed by atoms with Crippen molar-refractivity contribution in [2.24, 2.45) is 0 Å². The highest BCUT2D eigenvalue weighted by atomic mass is 19.1. The number of ether oxygens (including phenoxy) is 1. The largest absolute Gasteiger partial charge is 0.454 e. The van der Waals surface area contributed by atoms with E-state index < -0.39 is 6.17 Å². The number of rotatable bonds is 3. The van der Waals surface area contributed by atoms with Gasteiger partial charge in [-0.2, -0.15) is 0 Å². The van der Waals surface area contributed by atoms with Crippen LogP contribution in [0.4, 0.5) is 4.39 Å². The molecule has 0 aliphatic rings. The molecule has 0 aliphatic heterocycles. The zero-order chi connectivity index (χ0) is 5.70. The van der Waals surface area contributed by atoms with Crippen LogP contribution >= 0.6 is 0 Å². The third kappa shape index (κ3) is 5.40. The third-order valence-corrected chi connectivity index (χ3v) is 0.372. The Labute approximate surface area is 41.3 Å². The van der Waals surface area contributed by atoms with Crippen molar-refractivity contribution in [3.8, 4) is 0 Å². The zero-order valence-electron chi connectivity index (χ0n) is 3.98. The normalized spacial score (nSPS) is 12.9. The van der Waals surface area contributed by atoms with Crippen LogP contribution in [0.15, 0.2) is 0 Å². The Hall–Kier alpha value is -0.600. The summed E-state index contributed by atoms with van der Waals surface area (Å²) in [6.45, 7) is 2.22. The molecule has 1 radical (unpaired) electrons. The minimum absolute atomic E-state index is 0.191. The van der Waals surface area contributed by atoms with E-state index in [0.29, 0.717) is 0 Å². The molecule has 0 saturated carbocycles. The number of halogens is 1. The third-order valence-electron chi connectivity index (χ3n) is 0.372. The van der Waals surface area contributed by atoms with E-state index in [4.69, 9.17) is 0 Å². The molecule has 0 saturated heterocycles. The molecule has 0 aliphatic carbocycles. The summed E-state index contributed by atoms with van der Waals surface area (Å²) in [7, 11) is 0. The fourth-order valence-electron chi connectivity index (χ4n) is 0.149. The van der Waals surface area contributed by atoms with E-state index in [0.717, 1.165) is 6.47 Å². The molecule has 0 aromatic rings. The first-order valence-electron chi connectivity index (χ1n) is 1.90. The molecule has 7 heavy (non-hydrogen) atoms. The van der Waals surface area contributed by atoms with Crippen LogP contribution < -0.4 is 0 Å². The summed E-state index contributed by atoms with van der Waals surface area (Å²) >= 11 is 0. The zero-order valence-corrected chi connectivity index (χ0v) is 3.98. The molecule has 0 heterocycles. The van der Waals surface area contributed by atoms with E-state index in [1.54, 1.807) is 0 Å². The van der Waals surface area contributed by atoms with Crippen molar-refractivity contribution in [1.29, 1.82) is 0 Å². The molecule has 3 heteroatoms. The van der Waals surface area contributed by atoms with Crippen LogP contribution in [-0.2, 0) is 9.53 Å². The van der Waals surface area contributed by atoms with E-state index in [1.807, 2.05) is 0 Å². The molecule has 1 unspecified atom stereocenters. The standard InChI is InChI=1S/C4H6FO2/c1-4(5)2-7-3-6/h4H,2H2,1H3. The van der Waals surface area contributed by atoms with Gasteiger partial charge in [-0.05, 0) is 6.92 Å². The van der Waals surface area contributed by atoms with E-state index in [-0.39, 0.29) is 6.61 Å². The van der Waals surface area contributed by atoms with Gasteiger partial charge in [0.1, 0.15) is 12.8 Å². The lowest BCUT2D eigenvalue weighted by Crippen LogP contribution is -2.03. The second kappa shape index (κ2) is 3.59. The Morgan fingerprint density at radius 1 is 2.00 bits per heavy atom. The number of hydrogen-bond donors (Lipinski definition) is 0. The van der Waals surface area contributed by atoms with Crippen molar-refractivity contribution >= 4 is 6.47 Å². The number of hydrogen-bond acceptors (Lipinski definition) is 2. The molecule has 0 rings (SSSR count). The molecule has 0 spiro atoms. The number of alkyl halides is 1. The van der Waals surface area contributed by atoms with Crippen LogP contribution in [0, 0.1) is 0 Å². The Morgan fingerprint density at radius 2 is 2.57 bits per heavy atom. The van der Waals surface area contributed by atoms with Crippen LogP contribution in [0.3, 0.4) is 0 Å². The van der Waals surface area contributed by atoms with Crippen molar-refractivity contribution in [2.45, 2.75) is 13.1 Å². The lowest BCUT2D eigenvalue weighted by Gasteiger charge is -1.93. The number of carbonyl (C=O) groups excluding carboxylic acids is 1. The first-order valence-corrected chi connectivity index (χ1v) is 1.90. The fraction of sp³-hybridized carbons (Fsp3) is 0.750. The predicted octanol–water partition coefficient (Wildman–Crippen LogP) is 0.428. The molecule has 0 bridgehead atoms. The molecule has 1 atom stereocenters. The molecule has 0 N–H and O–H groups in total. The lowest BCUT2D eigenvalue weighted by molar-refractivity contribution is 0.191. The predicted molar refractivity (Wildman–Crippen MR) is 22.2 cm³/mol. The fourth-order valence-corrected chi connectivity index (χ4v) is 0.149. The molecule has 0 fully saturated rings. The second-order valence-electron chi connectivity index (χ2n) is 1.18.